The van der Waals surface area contributed by atoms with Crippen molar-refractivity contribution >= 4 is 24.4 Å². The molecule has 1 atom stereocenters. The summed E-state index contributed by atoms with van der Waals surface area (Å²) in [5.41, 5.74) is 0.822. The average Bonchev–Trinajstić information content (AvgIpc) is 3.21. The molecule has 1 aliphatic rings. The summed E-state index contributed by atoms with van der Waals surface area (Å²) in [4.78, 5) is 40.6. The van der Waals surface area contributed by atoms with Crippen molar-refractivity contribution in [3.8, 4) is 40.4 Å². The Kier molecular flexibility index (Phi) is 11.2. The number of hydrogen-bond donors (Lipinski definition) is 4. The van der Waals surface area contributed by atoms with Gasteiger partial charge in [-0.2, -0.15) is 0 Å². The number of para-hydroxylation sites is 4. The third kappa shape index (κ3) is 7.11. The molecule has 4 heterocycles. The van der Waals surface area contributed by atoms with Gasteiger partial charge < -0.3 is 24.4 Å². The van der Waals surface area contributed by atoms with E-state index in [9.17, 15) is 19.8 Å². The minimum atomic E-state index is -1.39. The third-order valence-electron chi connectivity index (χ3n) is 10.2. The van der Waals surface area contributed by atoms with E-state index < -0.39 is 28.8 Å². The molecule has 3 aromatic heterocycles. The second kappa shape index (κ2) is 16.4. The summed E-state index contributed by atoms with van der Waals surface area (Å²) in [6.07, 6.45) is 6.64. The second-order valence-corrected chi connectivity index (χ2v) is 14.1. The van der Waals surface area contributed by atoms with Crippen molar-refractivity contribution in [1.29, 1.82) is 0 Å². The SMILES string of the molecule is COc1ccc(C(c2c(O)n(-c3ccccc3OC)c(=S)[nH]c2=O)c2c(O)n(-c3ccccc3OC)c(=S)[nH]c2=O)cc1CN1CCCC[C@H]1c1cccnc1. The summed E-state index contributed by atoms with van der Waals surface area (Å²) in [5, 5.41) is 24.5. The number of H-pyrrole nitrogens is 2. The maximum Gasteiger partial charge on any atom is 0.259 e. The van der Waals surface area contributed by atoms with Crippen molar-refractivity contribution < 1.29 is 24.4 Å². The van der Waals surface area contributed by atoms with Crippen LogP contribution in [0.5, 0.6) is 29.0 Å². The van der Waals surface area contributed by atoms with E-state index in [1.807, 2.05) is 18.3 Å². The van der Waals surface area contributed by atoms with Crippen LogP contribution >= 0.6 is 24.4 Å². The van der Waals surface area contributed by atoms with Gasteiger partial charge in [0.2, 0.25) is 11.8 Å². The van der Waals surface area contributed by atoms with Crippen LogP contribution in [0, 0.1) is 9.54 Å². The Bertz CT molecular complexity index is 2510. The molecule has 0 radical (unpaired) electrons. The minimum Gasteiger partial charge on any atom is -0.496 e. The Balaban J connectivity index is 1.50. The molecule has 7 rings (SSSR count). The van der Waals surface area contributed by atoms with E-state index in [1.165, 1.54) is 23.4 Å². The summed E-state index contributed by atoms with van der Waals surface area (Å²) in [6, 6.07) is 23.0. The zero-order chi connectivity index (χ0) is 39.5. The number of aromatic hydroxyl groups is 2. The lowest BCUT2D eigenvalue weighted by molar-refractivity contribution is 0.139. The Morgan fingerprint density at radius 2 is 1.34 bits per heavy atom. The number of methoxy groups -OCH3 is 3. The largest absolute Gasteiger partial charge is 0.496 e. The van der Waals surface area contributed by atoms with E-state index in [-0.39, 0.29) is 26.7 Å². The summed E-state index contributed by atoms with van der Waals surface area (Å²) in [5.74, 6) is -1.23. The zero-order valence-corrected chi connectivity index (χ0v) is 32.5. The molecule has 0 aliphatic carbocycles. The molecule has 288 valence electrons. The fourth-order valence-electron chi connectivity index (χ4n) is 7.60. The van der Waals surface area contributed by atoms with Gasteiger partial charge in [0.1, 0.15) is 17.2 Å². The number of benzene rings is 3. The smallest absolute Gasteiger partial charge is 0.259 e. The highest BCUT2D eigenvalue weighted by Gasteiger charge is 2.34. The van der Waals surface area contributed by atoms with Gasteiger partial charge in [0.15, 0.2) is 9.54 Å². The standard InChI is InChI=1S/C41H40N6O7S2/c1-52-30-18-17-24(21-26(30)23-45-20-9-8-12-27(45)25-11-10-19-42-22-25)33(34-36(48)43-40(55)46(38(34)50)28-13-4-6-15-31(28)53-2)35-37(49)44-41(56)47(39(35)51)29-14-5-7-16-32(29)54-3/h4-7,10-11,13-19,21-22,27,33,50-51H,8-9,12,20,23H2,1-3H3,(H,43,48,55)(H,44,49,56)/t27-/m0/s1. The first-order valence-electron chi connectivity index (χ1n) is 17.9. The summed E-state index contributed by atoms with van der Waals surface area (Å²) < 4.78 is 19.3. The number of rotatable bonds is 11. The number of aromatic nitrogens is 5. The van der Waals surface area contributed by atoms with Crippen molar-refractivity contribution in [2.75, 3.05) is 27.9 Å². The topological polar surface area (TPSA) is 160 Å². The molecule has 1 fully saturated rings. The second-order valence-electron chi connectivity index (χ2n) is 13.3. The highest BCUT2D eigenvalue weighted by atomic mass is 32.1. The number of aromatic amines is 2. The first kappa shape index (κ1) is 38.3. The van der Waals surface area contributed by atoms with Crippen molar-refractivity contribution in [1.82, 2.24) is 29.0 Å². The molecule has 0 amide bonds. The van der Waals surface area contributed by atoms with Crippen molar-refractivity contribution in [2.45, 2.75) is 37.8 Å². The van der Waals surface area contributed by atoms with E-state index in [2.05, 4.69) is 25.9 Å². The molecule has 0 spiro atoms. The normalized spacial score (nSPS) is 14.5. The number of nitrogens with zero attached hydrogens (tertiary/aromatic N) is 4. The number of hydrogen-bond acceptors (Lipinski definition) is 11. The van der Waals surface area contributed by atoms with Crippen LogP contribution in [0.25, 0.3) is 11.4 Å². The maximum absolute atomic E-state index is 14.2. The minimum absolute atomic E-state index is 0.0965. The quantitative estimate of drug-likeness (QED) is 0.102. The molecule has 6 aromatic rings. The van der Waals surface area contributed by atoms with Gasteiger partial charge in [-0.25, -0.2) is 0 Å². The molecule has 56 heavy (non-hydrogen) atoms. The van der Waals surface area contributed by atoms with Crippen LogP contribution in [0.4, 0.5) is 0 Å². The van der Waals surface area contributed by atoms with Gasteiger partial charge in [-0.1, -0.05) is 42.8 Å². The zero-order valence-electron chi connectivity index (χ0n) is 30.9. The molecule has 4 N–H and O–H groups in total. The van der Waals surface area contributed by atoms with Crippen LogP contribution in [0.1, 0.15) is 59.0 Å². The Labute approximate surface area is 332 Å². The third-order valence-corrected chi connectivity index (χ3v) is 10.7. The van der Waals surface area contributed by atoms with Crippen LogP contribution in [0.3, 0.4) is 0 Å². The summed E-state index contributed by atoms with van der Waals surface area (Å²) >= 11 is 11.2. The van der Waals surface area contributed by atoms with Crippen LogP contribution < -0.4 is 25.3 Å². The Morgan fingerprint density at radius 3 is 1.88 bits per heavy atom. The van der Waals surface area contributed by atoms with Crippen molar-refractivity contribution in [2.24, 2.45) is 0 Å². The number of nitrogens with one attached hydrogen (secondary N) is 2. The molecule has 3 aromatic carbocycles. The van der Waals surface area contributed by atoms with Gasteiger partial charge in [-0.3, -0.25) is 38.6 Å². The van der Waals surface area contributed by atoms with Crippen molar-refractivity contribution in [3.63, 3.8) is 0 Å². The summed E-state index contributed by atoms with van der Waals surface area (Å²) in [7, 11) is 4.52. The number of ether oxygens (including phenoxy) is 3. The Morgan fingerprint density at radius 1 is 0.768 bits per heavy atom. The molecule has 0 bridgehead atoms. The van der Waals surface area contributed by atoms with Crippen molar-refractivity contribution in [3.05, 3.63) is 149 Å². The average molecular weight is 793 g/mol. The van der Waals surface area contributed by atoms with Crippen LogP contribution in [-0.4, -0.2) is 67.1 Å². The lowest BCUT2D eigenvalue weighted by atomic mass is 9.85. The monoisotopic (exact) mass is 792 g/mol. The fourth-order valence-corrected chi connectivity index (χ4v) is 8.16. The van der Waals surface area contributed by atoms with Gasteiger partial charge in [0.05, 0.1) is 49.7 Å². The molecule has 1 saturated heterocycles. The van der Waals surface area contributed by atoms with Gasteiger partial charge >= 0.3 is 0 Å². The lowest BCUT2D eigenvalue weighted by Gasteiger charge is -2.36. The van der Waals surface area contributed by atoms with E-state index in [1.54, 1.807) is 74.0 Å². The van der Waals surface area contributed by atoms with Crippen LogP contribution in [0.2, 0.25) is 0 Å². The first-order valence-corrected chi connectivity index (χ1v) is 18.7. The lowest BCUT2D eigenvalue weighted by Crippen LogP contribution is -2.33. The van der Waals surface area contributed by atoms with Gasteiger partial charge in [-0.05, 0) is 97.4 Å². The predicted octanol–water partition coefficient (Wildman–Crippen LogP) is 6.84. The molecule has 0 saturated carbocycles. The van der Waals surface area contributed by atoms with E-state index in [0.717, 1.165) is 36.9 Å². The highest BCUT2D eigenvalue weighted by molar-refractivity contribution is 7.71. The Hall–Kier alpha value is -6.03. The first-order chi connectivity index (χ1) is 27.2. The van der Waals surface area contributed by atoms with E-state index in [0.29, 0.717) is 40.7 Å². The van der Waals surface area contributed by atoms with E-state index in [4.69, 9.17) is 38.6 Å². The van der Waals surface area contributed by atoms with Crippen LogP contribution in [0.15, 0.2) is 101 Å². The van der Waals surface area contributed by atoms with Gasteiger partial charge in [-0.15, -0.1) is 0 Å². The molecule has 15 heteroatoms. The number of piperidine rings is 1. The molecular formula is C41H40N6O7S2. The van der Waals surface area contributed by atoms with Crippen LogP contribution in [-0.2, 0) is 6.54 Å². The molecule has 1 aliphatic heterocycles. The van der Waals surface area contributed by atoms with Gasteiger partial charge in [0, 0.05) is 30.5 Å². The highest BCUT2D eigenvalue weighted by Crippen LogP contribution is 2.42. The molecular weight excluding hydrogens is 753 g/mol. The maximum atomic E-state index is 14.2. The number of pyridine rings is 1. The predicted molar refractivity (Wildman–Crippen MR) is 216 cm³/mol. The number of likely N-dealkylation sites (tertiary alicyclic amines) is 1. The van der Waals surface area contributed by atoms with Gasteiger partial charge in [0.25, 0.3) is 11.1 Å². The van der Waals surface area contributed by atoms with E-state index >= 15 is 0 Å². The molecule has 13 nitrogen and oxygen atoms in total. The summed E-state index contributed by atoms with van der Waals surface area (Å²) in [6.45, 7) is 1.27. The fraction of sp³-hybridized carbons (Fsp3) is 0.244. The molecule has 0 unspecified atom stereocenters.